The molecule has 0 bridgehead atoms. The number of nitrogens with zero attached hydrogens (tertiary/aromatic N) is 1. The fourth-order valence-electron chi connectivity index (χ4n) is 0.542. The number of nitro groups is 1. The number of alkyl halides is 2. The van der Waals surface area contributed by atoms with Crippen molar-refractivity contribution >= 4 is 27.5 Å². The van der Waals surface area contributed by atoms with Crippen LogP contribution in [-0.4, -0.2) is 15.3 Å². The van der Waals surface area contributed by atoms with Crippen molar-refractivity contribution in [1.29, 1.82) is 0 Å². The molecule has 0 aliphatic heterocycles. The molecule has 0 saturated carbocycles. The second kappa shape index (κ2) is 4.13. The van der Waals surface area contributed by atoms with Crippen LogP contribution in [0.5, 0.6) is 0 Å². The fourth-order valence-corrected chi connectivity index (χ4v) is 1.52. The summed E-state index contributed by atoms with van der Waals surface area (Å²) >= 11 is 8.74. The van der Waals surface area contributed by atoms with E-state index < -0.39 is 9.92 Å². The van der Waals surface area contributed by atoms with Gasteiger partial charge in [-0.2, -0.15) is 0 Å². The zero-order valence-corrected chi connectivity index (χ0v) is 7.98. The van der Waals surface area contributed by atoms with Gasteiger partial charge >= 0.3 is 0 Å². The first-order valence-electron chi connectivity index (χ1n) is 2.96. The van der Waals surface area contributed by atoms with Gasteiger partial charge in [0, 0.05) is 23.1 Å². The van der Waals surface area contributed by atoms with E-state index in [0.717, 1.165) is 0 Å². The highest BCUT2D eigenvalue weighted by Gasteiger charge is 2.36. The van der Waals surface area contributed by atoms with E-state index in [1.54, 1.807) is 6.92 Å². The van der Waals surface area contributed by atoms with Crippen molar-refractivity contribution < 1.29 is 4.92 Å². The van der Waals surface area contributed by atoms with Gasteiger partial charge in [-0.3, -0.25) is 10.1 Å². The maximum Gasteiger partial charge on any atom is 0.295 e. The Morgan fingerprint density at radius 3 is 2.40 bits per heavy atom. The van der Waals surface area contributed by atoms with Gasteiger partial charge in [0.1, 0.15) is 0 Å². The fraction of sp³-hybridized carbons (Fsp3) is 1.00. The molecule has 0 amide bonds. The van der Waals surface area contributed by atoms with Crippen molar-refractivity contribution in [2.24, 2.45) is 0 Å². The van der Waals surface area contributed by atoms with Gasteiger partial charge in [-0.05, 0) is 11.6 Å². The van der Waals surface area contributed by atoms with E-state index in [1.807, 2.05) is 0 Å². The van der Waals surface area contributed by atoms with Crippen LogP contribution in [-0.2, 0) is 0 Å². The topological polar surface area (TPSA) is 43.1 Å². The maximum absolute atomic E-state index is 10.3. The normalized spacial score (nSPS) is 16.3. The molecule has 0 rings (SSSR count). The summed E-state index contributed by atoms with van der Waals surface area (Å²) in [6.45, 7) is 1.71. The van der Waals surface area contributed by atoms with Crippen LogP contribution in [0.25, 0.3) is 0 Å². The first kappa shape index (κ1) is 10.2. The lowest BCUT2D eigenvalue weighted by Crippen LogP contribution is -2.31. The average Bonchev–Trinajstić information content (AvgIpc) is 1.88. The molecule has 0 saturated heterocycles. The lowest BCUT2D eigenvalue weighted by molar-refractivity contribution is -0.542. The Labute approximate surface area is 73.0 Å². The zero-order valence-electron chi connectivity index (χ0n) is 5.64. The van der Waals surface area contributed by atoms with E-state index in [4.69, 9.17) is 11.6 Å². The number of hydrogen-bond acceptors (Lipinski definition) is 2. The molecule has 0 aromatic rings. The molecule has 0 aromatic carbocycles. The van der Waals surface area contributed by atoms with Crippen LogP contribution in [0.3, 0.4) is 0 Å². The Balaban J connectivity index is 4.08. The standard InChI is InChI=1S/C5H9BrClNO2/c1-2-5(7,3-4-6)8(9)10/h2-4H2,1H3. The number of rotatable bonds is 4. The van der Waals surface area contributed by atoms with E-state index in [9.17, 15) is 10.1 Å². The third-order valence-electron chi connectivity index (χ3n) is 1.35. The smallest absolute Gasteiger partial charge is 0.263 e. The van der Waals surface area contributed by atoms with Crippen LogP contribution < -0.4 is 0 Å². The average molecular weight is 230 g/mol. The summed E-state index contributed by atoms with van der Waals surface area (Å²) in [6, 6.07) is 0. The molecule has 0 aromatic heterocycles. The van der Waals surface area contributed by atoms with Gasteiger partial charge in [-0.15, -0.1) is 0 Å². The molecule has 0 heterocycles. The molecule has 10 heavy (non-hydrogen) atoms. The first-order chi connectivity index (χ1) is 4.56. The Morgan fingerprint density at radius 1 is 1.80 bits per heavy atom. The first-order valence-corrected chi connectivity index (χ1v) is 4.46. The third-order valence-corrected chi connectivity index (χ3v) is 2.34. The van der Waals surface area contributed by atoms with Crippen LogP contribution in [0.4, 0.5) is 0 Å². The van der Waals surface area contributed by atoms with Gasteiger partial charge in [0.15, 0.2) is 0 Å². The largest absolute Gasteiger partial charge is 0.295 e. The Kier molecular flexibility index (Phi) is 4.20. The van der Waals surface area contributed by atoms with Crippen LogP contribution in [0, 0.1) is 10.1 Å². The summed E-state index contributed by atoms with van der Waals surface area (Å²) in [5.41, 5.74) is 0. The molecule has 5 heteroatoms. The van der Waals surface area contributed by atoms with Gasteiger partial charge in [0.25, 0.3) is 5.00 Å². The second-order valence-electron chi connectivity index (χ2n) is 1.97. The van der Waals surface area contributed by atoms with E-state index in [1.165, 1.54) is 0 Å². The summed E-state index contributed by atoms with van der Waals surface area (Å²) in [5, 5.41) is 10.9. The molecule has 3 nitrogen and oxygen atoms in total. The minimum Gasteiger partial charge on any atom is -0.263 e. The summed E-state index contributed by atoms with van der Waals surface area (Å²) in [6.07, 6.45) is 0.714. The molecule has 1 atom stereocenters. The lowest BCUT2D eigenvalue weighted by atomic mass is 10.2. The highest BCUT2D eigenvalue weighted by Crippen LogP contribution is 2.25. The Bertz CT molecular complexity index is 133. The molecule has 0 aliphatic rings. The predicted molar refractivity (Wildman–Crippen MR) is 44.3 cm³/mol. The summed E-state index contributed by atoms with van der Waals surface area (Å²) in [4.78, 5) is 8.60. The van der Waals surface area contributed by atoms with Gasteiger partial charge in [-0.1, -0.05) is 22.9 Å². The van der Waals surface area contributed by atoms with E-state index in [-0.39, 0.29) is 0 Å². The molecular weight excluding hydrogens is 221 g/mol. The molecule has 0 fully saturated rings. The maximum atomic E-state index is 10.3. The second-order valence-corrected chi connectivity index (χ2v) is 3.46. The van der Waals surface area contributed by atoms with Crippen molar-refractivity contribution in [2.75, 3.05) is 5.33 Å². The molecule has 0 aliphatic carbocycles. The molecule has 0 N–H and O–H groups in total. The highest BCUT2D eigenvalue weighted by atomic mass is 79.9. The molecule has 0 spiro atoms. The molecule has 0 radical (unpaired) electrons. The zero-order chi connectivity index (χ0) is 8.20. The minimum atomic E-state index is -1.26. The van der Waals surface area contributed by atoms with Crippen molar-refractivity contribution in [3.8, 4) is 0 Å². The predicted octanol–water partition coefficient (Wildman–Crippen LogP) is 2.39. The molecular formula is C5H9BrClNO2. The van der Waals surface area contributed by atoms with Crippen molar-refractivity contribution in [3.05, 3.63) is 10.1 Å². The Hall–Kier alpha value is 0.170. The van der Waals surface area contributed by atoms with E-state index in [0.29, 0.717) is 18.2 Å². The van der Waals surface area contributed by atoms with Crippen molar-refractivity contribution in [1.82, 2.24) is 0 Å². The lowest BCUT2D eigenvalue weighted by Gasteiger charge is -2.13. The van der Waals surface area contributed by atoms with Gasteiger partial charge in [0.05, 0.1) is 0 Å². The van der Waals surface area contributed by atoms with Crippen molar-refractivity contribution in [3.63, 3.8) is 0 Å². The highest BCUT2D eigenvalue weighted by molar-refractivity contribution is 9.09. The van der Waals surface area contributed by atoms with Gasteiger partial charge in [0.2, 0.25) is 0 Å². The number of halogens is 2. The summed E-state index contributed by atoms with van der Waals surface area (Å²) in [7, 11) is 0. The van der Waals surface area contributed by atoms with Crippen LogP contribution in [0.15, 0.2) is 0 Å². The van der Waals surface area contributed by atoms with E-state index >= 15 is 0 Å². The van der Waals surface area contributed by atoms with Crippen LogP contribution >= 0.6 is 27.5 Å². The summed E-state index contributed by atoms with van der Waals surface area (Å²) in [5.74, 6) is 0. The minimum absolute atomic E-state index is 0.354. The third kappa shape index (κ3) is 2.42. The molecule has 60 valence electrons. The van der Waals surface area contributed by atoms with E-state index in [2.05, 4.69) is 15.9 Å². The van der Waals surface area contributed by atoms with Gasteiger partial charge in [-0.25, -0.2) is 0 Å². The quantitative estimate of drug-likeness (QED) is 0.322. The van der Waals surface area contributed by atoms with Crippen LogP contribution in [0.2, 0.25) is 0 Å². The summed E-state index contributed by atoms with van der Waals surface area (Å²) < 4.78 is 0. The monoisotopic (exact) mass is 229 g/mol. The van der Waals surface area contributed by atoms with Gasteiger partial charge < -0.3 is 0 Å². The van der Waals surface area contributed by atoms with Crippen LogP contribution in [0.1, 0.15) is 19.8 Å². The molecule has 1 unspecified atom stereocenters. The SMILES string of the molecule is CCC(Cl)(CCBr)[N+](=O)[O-]. The number of hydrogen-bond donors (Lipinski definition) is 0. The Morgan fingerprint density at radius 2 is 2.30 bits per heavy atom. The van der Waals surface area contributed by atoms with Crippen molar-refractivity contribution in [2.45, 2.75) is 24.8 Å².